The molecule has 1 atom stereocenters. The molecule has 27 heavy (non-hydrogen) atoms. The minimum Gasteiger partial charge on any atom is -0.324 e. The molecule has 0 radical (unpaired) electrons. The van der Waals surface area contributed by atoms with E-state index in [2.05, 4.69) is 14.5 Å². The number of sulfonamides is 1. The third-order valence-corrected chi connectivity index (χ3v) is 7.13. The van der Waals surface area contributed by atoms with E-state index in [1.807, 2.05) is 44.3 Å². The molecule has 1 aliphatic rings. The summed E-state index contributed by atoms with van der Waals surface area (Å²) in [7, 11) is -3.50. The minimum absolute atomic E-state index is 0.0569. The van der Waals surface area contributed by atoms with Gasteiger partial charge in [-0.05, 0) is 44.0 Å². The fraction of sp³-hybridized carbons (Fsp3) is 0.300. The molecule has 0 aliphatic carbocycles. The van der Waals surface area contributed by atoms with Crippen LogP contribution < -0.4 is 0 Å². The highest BCUT2D eigenvalue weighted by molar-refractivity contribution is 7.89. The van der Waals surface area contributed by atoms with Gasteiger partial charge in [0.1, 0.15) is 5.82 Å². The molecule has 1 unspecified atom stereocenters. The van der Waals surface area contributed by atoms with Crippen LogP contribution >= 0.6 is 0 Å². The van der Waals surface area contributed by atoms with Crippen LogP contribution in [0.25, 0.3) is 11.4 Å². The van der Waals surface area contributed by atoms with Gasteiger partial charge in [0.25, 0.3) is 0 Å². The zero-order valence-corrected chi connectivity index (χ0v) is 16.2. The fourth-order valence-electron chi connectivity index (χ4n) is 3.74. The van der Waals surface area contributed by atoms with Crippen molar-refractivity contribution in [2.75, 3.05) is 13.1 Å². The van der Waals surface area contributed by atoms with E-state index in [1.165, 1.54) is 0 Å². The molecule has 3 heterocycles. The first-order valence-corrected chi connectivity index (χ1v) is 10.4. The fourth-order valence-corrected chi connectivity index (χ4v) is 5.46. The number of benzene rings is 1. The van der Waals surface area contributed by atoms with Gasteiger partial charge >= 0.3 is 0 Å². The lowest BCUT2D eigenvalue weighted by Gasteiger charge is -2.20. The predicted molar refractivity (Wildman–Crippen MR) is 104 cm³/mol. The molecule has 7 heteroatoms. The Hall–Kier alpha value is -2.51. The monoisotopic (exact) mass is 382 g/mol. The molecule has 0 N–H and O–H groups in total. The summed E-state index contributed by atoms with van der Waals surface area (Å²) in [5.41, 5.74) is 2.73. The van der Waals surface area contributed by atoms with Crippen molar-refractivity contribution in [1.82, 2.24) is 18.8 Å². The summed E-state index contributed by atoms with van der Waals surface area (Å²) in [6, 6.07) is 11.1. The van der Waals surface area contributed by atoms with E-state index >= 15 is 0 Å². The van der Waals surface area contributed by atoms with Crippen molar-refractivity contribution in [1.29, 1.82) is 0 Å². The molecule has 1 fully saturated rings. The zero-order valence-electron chi connectivity index (χ0n) is 15.4. The number of aryl methyl sites for hydroxylation is 2. The summed E-state index contributed by atoms with van der Waals surface area (Å²) in [5.74, 6) is 0.834. The van der Waals surface area contributed by atoms with Crippen LogP contribution in [0.1, 0.15) is 23.7 Å². The van der Waals surface area contributed by atoms with Crippen molar-refractivity contribution < 1.29 is 8.42 Å². The van der Waals surface area contributed by atoms with Crippen molar-refractivity contribution in [3.63, 3.8) is 0 Å². The van der Waals surface area contributed by atoms with E-state index in [0.29, 0.717) is 18.0 Å². The Morgan fingerprint density at radius 3 is 2.63 bits per heavy atom. The van der Waals surface area contributed by atoms with Gasteiger partial charge in [-0.3, -0.25) is 4.98 Å². The lowest BCUT2D eigenvalue weighted by atomic mass is 10.2. The van der Waals surface area contributed by atoms with E-state index < -0.39 is 10.0 Å². The number of rotatable bonds is 4. The van der Waals surface area contributed by atoms with E-state index in [0.717, 1.165) is 29.1 Å². The second-order valence-electron chi connectivity index (χ2n) is 6.91. The summed E-state index contributed by atoms with van der Waals surface area (Å²) in [6.45, 7) is 4.79. The first-order chi connectivity index (χ1) is 13.0. The van der Waals surface area contributed by atoms with Crippen LogP contribution in [0.5, 0.6) is 0 Å². The Kier molecular flexibility index (Phi) is 4.57. The molecule has 1 aliphatic heterocycles. The number of aromatic nitrogens is 3. The van der Waals surface area contributed by atoms with Crippen LogP contribution in [0.15, 0.2) is 59.9 Å². The van der Waals surface area contributed by atoms with Gasteiger partial charge in [-0.25, -0.2) is 13.4 Å². The molecule has 6 nitrogen and oxygen atoms in total. The van der Waals surface area contributed by atoms with Crippen molar-refractivity contribution in [2.24, 2.45) is 0 Å². The highest BCUT2D eigenvalue weighted by Gasteiger charge is 2.35. The molecule has 0 saturated carbocycles. The molecule has 1 saturated heterocycles. The highest BCUT2D eigenvalue weighted by Crippen LogP contribution is 2.32. The predicted octanol–water partition coefficient (Wildman–Crippen LogP) is 3.20. The second kappa shape index (κ2) is 6.90. The largest absolute Gasteiger partial charge is 0.324 e. The van der Waals surface area contributed by atoms with Crippen LogP contribution in [-0.4, -0.2) is 40.3 Å². The van der Waals surface area contributed by atoms with Crippen LogP contribution in [0.2, 0.25) is 0 Å². The quantitative estimate of drug-likeness (QED) is 0.695. The Balaban J connectivity index is 1.65. The number of hydrogen-bond donors (Lipinski definition) is 0. The van der Waals surface area contributed by atoms with Crippen LogP contribution in [0.3, 0.4) is 0 Å². The number of pyridine rings is 1. The third kappa shape index (κ3) is 3.17. The van der Waals surface area contributed by atoms with Crippen LogP contribution in [-0.2, 0) is 10.0 Å². The van der Waals surface area contributed by atoms with Gasteiger partial charge in [0, 0.05) is 42.9 Å². The SMILES string of the molecule is Cc1ccccc1S(=O)(=O)N1CCC(n2c(C)cnc2-c2cccnc2)C1. The molecule has 140 valence electrons. The van der Waals surface area contributed by atoms with Gasteiger partial charge in [0.2, 0.25) is 10.0 Å². The van der Waals surface area contributed by atoms with Gasteiger partial charge < -0.3 is 4.57 Å². The molecule has 4 rings (SSSR count). The summed E-state index contributed by atoms with van der Waals surface area (Å²) in [5, 5.41) is 0. The van der Waals surface area contributed by atoms with Gasteiger partial charge in [-0.15, -0.1) is 0 Å². The van der Waals surface area contributed by atoms with Gasteiger partial charge in [-0.1, -0.05) is 18.2 Å². The molecule has 2 aromatic heterocycles. The number of nitrogens with zero attached hydrogens (tertiary/aromatic N) is 4. The molecular weight excluding hydrogens is 360 g/mol. The molecule has 0 bridgehead atoms. The van der Waals surface area contributed by atoms with Crippen LogP contribution in [0.4, 0.5) is 0 Å². The van der Waals surface area contributed by atoms with E-state index in [1.54, 1.807) is 28.8 Å². The van der Waals surface area contributed by atoms with Crippen molar-refractivity contribution >= 4 is 10.0 Å². The molecule has 0 amide bonds. The maximum atomic E-state index is 13.1. The third-order valence-electron chi connectivity index (χ3n) is 5.10. The van der Waals surface area contributed by atoms with Gasteiger partial charge in [0.15, 0.2) is 0 Å². The smallest absolute Gasteiger partial charge is 0.243 e. The Morgan fingerprint density at radius 2 is 1.89 bits per heavy atom. The number of hydrogen-bond acceptors (Lipinski definition) is 4. The number of imidazole rings is 1. The topological polar surface area (TPSA) is 68.1 Å². The second-order valence-corrected chi connectivity index (χ2v) is 8.81. The Morgan fingerprint density at radius 1 is 1.07 bits per heavy atom. The van der Waals surface area contributed by atoms with E-state index in [9.17, 15) is 8.42 Å². The highest BCUT2D eigenvalue weighted by atomic mass is 32.2. The lowest BCUT2D eigenvalue weighted by molar-refractivity contribution is 0.450. The average Bonchev–Trinajstić information content (AvgIpc) is 3.29. The average molecular weight is 382 g/mol. The molecule has 0 spiro atoms. The summed E-state index contributed by atoms with van der Waals surface area (Å²) in [4.78, 5) is 9.12. The summed E-state index contributed by atoms with van der Waals surface area (Å²) < 4.78 is 29.9. The first kappa shape index (κ1) is 17.9. The van der Waals surface area contributed by atoms with Gasteiger partial charge in [-0.2, -0.15) is 4.31 Å². The minimum atomic E-state index is -3.50. The van der Waals surface area contributed by atoms with Crippen molar-refractivity contribution in [2.45, 2.75) is 31.2 Å². The lowest BCUT2D eigenvalue weighted by Crippen LogP contribution is -2.30. The normalized spacial score (nSPS) is 18.1. The molecule has 3 aromatic rings. The summed E-state index contributed by atoms with van der Waals surface area (Å²) >= 11 is 0. The van der Waals surface area contributed by atoms with Gasteiger partial charge in [0.05, 0.1) is 10.9 Å². The zero-order chi connectivity index (χ0) is 19.0. The Bertz CT molecular complexity index is 1060. The maximum absolute atomic E-state index is 13.1. The van der Waals surface area contributed by atoms with E-state index in [-0.39, 0.29) is 6.04 Å². The molecule has 1 aromatic carbocycles. The van der Waals surface area contributed by atoms with Crippen molar-refractivity contribution in [3.05, 3.63) is 66.2 Å². The molecular formula is C20H22N4O2S. The van der Waals surface area contributed by atoms with Crippen molar-refractivity contribution in [3.8, 4) is 11.4 Å². The Labute approximate surface area is 159 Å². The standard InChI is InChI=1S/C20H22N4O2S/c1-15-6-3-4-8-19(15)27(25,26)23-11-9-18(14-23)24-16(2)12-22-20(24)17-7-5-10-21-13-17/h3-8,10,12-13,18H,9,11,14H2,1-2H3. The van der Waals surface area contributed by atoms with Crippen LogP contribution in [0, 0.1) is 13.8 Å². The first-order valence-electron chi connectivity index (χ1n) is 8.98. The van der Waals surface area contributed by atoms with E-state index in [4.69, 9.17) is 0 Å². The summed E-state index contributed by atoms with van der Waals surface area (Å²) in [6.07, 6.45) is 6.11. The maximum Gasteiger partial charge on any atom is 0.243 e.